The highest BCUT2D eigenvalue weighted by molar-refractivity contribution is 6.05. The second-order valence-electron chi connectivity index (χ2n) is 6.17. The molecule has 3 rings (SSSR count). The van der Waals surface area contributed by atoms with Crippen molar-refractivity contribution in [2.24, 2.45) is 0 Å². The van der Waals surface area contributed by atoms with Crippen LogP contribution in [0, 0.1) is 13.8 Å². The van der Waals surface area contributed by atoms with Gasteiger partial charge in [-0.1, -0.05) is 12.1 Å². The quantitative estimate of drug-likeness (QED) is 0.730. The van der Waals surface area contributed by atoms with Gasteiger partial charge in [-0.3, -0.25) is 9.78 Å². The minimum absolute atomic E-state index is 0.184. The van der Waals surface area contributed by atoms with Crippen LogP contribution in [0.25, 0.3) is 10.8 Å². The van der Waals surface area contributed by atoms with Crippen LogP contribution in [0.4, 0.5) is 0 Å². The number of rotatable bonds is 4. The average Bonchev–Trinajstić information content (AvgIpc) is 2.61. The lowest BCUT2D eigenvalue weighted by molar-refractivity contribution is 0.0601. The Kier molecular flexibility index (Phi) is 4.75. The largest absolute Gasteiger partial charge is 0.508 e. The molecule has 6 nitrogen and oxygen atoms in total. The van der Waals surface area contributed by atoms with E-state index in [-0.39, 0.29) is 11.3 Å². The van der Waals surface area contributed by atoms with Crippen LogP contribution < -0.4 is 5.56 Å². The van der Waals surface area contributed by atoms with E-state index in [1.54, 1.807) is 42.8 Å². The molecule has 0 aliphatic rings. The van der Waals surface area contributed by atoms with Crippen molar-refractivity contribution >= 4 is 16.7 Å². The molecule has 0 aliphatic carbocycles. The normalized spacial score (nSPS) is 10.9. The first-order chi connectivity index (χ1) is 12.4. The maximum Gasteiger partial charge on any atom is 0.340 e. The number of ether oxygens (including phenoxy) is 1. The van der Waals surface area contributed by atoms with Crippen molar-refractivity contribution in [3.63, 3.8) is 0 Å². The number of methoxy groups -OCH3 is 1. The van der Waals surface area contributed by atoms with Gasteiger partial charge in [-0.25, -0.2) is 4.79 Å². The summed E-state index contributed by atoms with van der Waals surface area (Å²) < 4.78 is 6.45. The Hall–Kier alpha value is -3.15. The zero-order valence-corrected chi connectivity index (χ0v) is 14.9. The molecule has 2 heterocycles. The summed E-state index contributed by atoms with van der Waals surface area (Å²) in [6.45, 7) is 3.98. The van der Waals surface area contributed by atoms with E-state index in [2.05, 4.69) is 4.98 Å². The van der Waals surface area contributed by atoms with E-state index in [1.807, 2.05) is 12.1 Å². The number of phenols is 1. The number of nitrogens with zero attached hydrogens (tertiary/aromatic N) is 2. The molecule has 0 spiro atoms. The van der Waals surface area contributed by atoms with Crippen LogP contribution in [0.3, 0.4) is 0 Å². The van der Waals surface area contributed by atoms with Crippen molar-refractivity contribution in [2.75, 3.05) is 7.11 Å². The summed E-state index contributed by atoms with van der Waals surface area (Å²) in [4.78, 5) is 29.4. The fraction of sp³-hybridized carbons (Fsp3) is 0.250. The number of phenolic OH excluding ortho intramolecular Hbond substituents is 1. The third-order valence-corrected chi connectivity index (χ3v) is 4.46. The number of carbonyl (C=O) groups is 1. The minimum Gasteiger partial charge on any atom is -0.508 e. The van der Waals surface area contributed by atoms with Gasteiger partial charge in [0.15, 0.2) is 0 Å². The number of aryl methyl sites for hydroxylation is 4. The van der Waals surface area contributed by atoms with Gasteiger partial charge < -0.3 is 14.4 Å². The summed E-state index contributed by atoms with van der Waals surface area (Å²) in [5.74, 6) is -0.287. The molecule has 1 aromatic carbocycles. The molecule has 0 amide bonds. The molecule has 26 heavy (non-hydrogen) atoms. The number of pyridine rings is 2. The van der Waals surface area contributed by atoms with Gasteiger partial charge in [-0.05, 0) is 44.0 Å². The van der Waals surface area contributed by atoms with Gasteiger partial charge in [-0.2, -0.15) is 0 Å². The molecule has 2 aromatic heterocycles. The summed E-state index contributed by atoms with van der Waals surface area (Å²) in [6, 6.07) is 8.66. The van der Waals surface area contributed by atoms with Gasteiger partial charge >= 0.3 is 5.97 Å². The van der Waals surface area contributed by atoms with E-state index in [1.165, 1.54) is 7.11 Å². The highest BCUT2D eigenvalue weighted by Crippen LogP contribution is 2.22. The Morgan fingerprint density at radius 1 is 1.15 bits per heavy atom. The van der Waals surface area contributed by atoms with Crippen molar-refractivity contribution in [1.29, 1.82) is 0 Å². The summed E-state index contributed by atoms with van der Waals surface area (Å²) in [5, 5.41) is 10.3. The predicted molar refractivity (Wildman–Crippen MR) is 98.6 cm³/mol. The van der Waals surface area contributed by atoms with Crippen LogP contribution in [-0.4, -0.2) is 27.7 Å². The van der Waals surface area contributed by atoms with Gasteiger partial charge in [0.1, 0.15) is 5.75 Å². The first-order valence-electron chi connectivity index (χ1n) is 8.29. The zero-order chi connectivity index (χ0) is 18.8. The lowest BCUT2D eigenvalue weighted by atomic mass is 10.0. The first-order valence-corrected chi connectivity index (χ1v) is 8.29. The Bertz CT molecular complexity index is 1040. The predicted octanol–water partition coefficient (Wildman–Crippen LogP) is 2.75. The van der Waals surface area contributed by atoms with E-state index in [0.29, 0.717) is 40.7 Å². The van der Waals surface area contributed by atoms with Crippen LogP contribution in [0.2, 0.25) is 0 Å². The second-order valence-corrected chi connectivity index (χ2v) is 6.17. The van der Waals surface area contributed by atoms with Crippen LogP contribution in [0.5, 0.6) is 5.75 Å². The monoisotopic (exact) mass is 352 g/mol. The number of aromatic hydroxyl groups is 1. The van der Waals surface area contributed by atoms with E-state index in [0.717, 1.165) is 5.56 Å². The zero-order valence-electron chi connectivity index (χ0n) is 14.9. The number of esters is 1. The van der Waals surface area contributed by atoms with Crippen LogP contribution >= 0.6 is 0 Å². The summed E-state index contributed by atoms with van der Waals surface area (Å²) in [6.07, 6.45) is 2.34. The standard InChI is InChI=1S/C20H20N2O4/c1-12-17-16(18(13(2)21-12)20(25)26-3)9-11-22(19(17)24)10-8-14-4-6-15(23)7-5-14/h4-7,9,11,23H,8,10H2,1-3H3. The number of fused-ring (bicyclic) bond motifs is 1. The van der Waals surface area contributed by atoms with Crippen LogP contribution in [-0.2, 0) is 17.7 Å². The molecular weight excluding hydrogens is 332 g/mol. The number of benzene rings is 1. The second kappa shape index (κ2) is 7.00. The minimum atomic E-state index is -0.499. The smallest absolute Gasteiger partial charge is 0.340 e. The highest BCUT2D eigenvalue weighted by Gasteiger charge is 2.19. The molecule has 1 N–H and O–H groups in total. The molecule has 0 atom stereocenters. The number of carbonyl (C=O) groups excluding carboxylic acids is 1. The first kappa shape index (κ1) is 17.7. The number of aromatic nitrogens is 2. The van der Waals surface area contributed by atoms with Crippen molar-refractivity contribution < 1.29 is 14.6 Å². The van der Waals surface area contributed by atoms with E-state index in [9.17, 15) is 14.7 Å². The molecule has 0 fully saturated rings. The van der Waals surface area contributed by atoms with Gasteiger partial charge in [0, 0.05) is 18.1 Å². The summed E-state index contributed by atoms with van der Waals surface area (Å²) in [5.41, 5.74) is 2.30. The molecular formula is C20H20N2O4. The Morgan fingerprint density at radius 2 is 1.85 bits per heavy atom. The Balaban J connectivity index is 2.04. The van der Waals surface area contributed by atoms with E-state index < -0.39 is 5.97 Å². The third-order valence-electron chi connectivity index (χ3n) is 4.46. The van der Waals surface area contributed by atoms with Gasteiger partial charge in [0.2, 0.25) is 0 Å². The van der Waals surface area contributed by atoms with E-state index in [4.69, 9.17) is 4.74 Å². The topological polar surface area (TPSA) is 81.4 Å². The number of hydrogen-bond donors (Lipinski definition) is 1. The highest BCUT2D eigenvalue weighted by atomic mass is 16.5. The lowest BCUT2D eigenvalue weighted by Gasteiger charge is -2.13. The summed E-state index contributed by atoms with van der Waals surface area (Å²) >= 11 is 0. The number of hydrogen-bond acceptors (Lipinski definition) is 5. The maximum atomic E-state index is 12.9. The Morgan fingerprint density at radius 3 is 2.50 bits per heavy atom. The van der Waals surface area contributed by atoms with Crippen molar-refractivity contribution in [3.05, 3.63) is 69.4 Å². The van der Waals surface area contributed by atoms with Crippen molar-refractivity contribution in [2.45, 2.75) is 26.8 Å². The molecule has 6 heteroatoms. The third kappa shape index (κ3) is 3.18. The van der Waals surface area contributed by atoms with Gasteiger partial charge in [0.25, 0.3) is 5.56 Å². The maximum absolute atomic E-state index is 12.9. The summed E-state index contributed by atoms with van der Waals surface area (Å²) in [7, 11) is 1.31. The van der Waals surface area contributed by atoms with Crippen molar-refractivity contribution in [3.8, 4) is 5.75 Å². The fourth-order valence-electron chi connectivity index (χ4n) is 3.14. The average molecular weight is 352 g/mol. The fourth-order valence-corrected chi connectivity index (χ4v) is 3.14. The SMILES string of the molecule is COC(=O)c1c(C)nc(C)c2c(=O)n(CCc3ccc(O)cc3)ccc12. The molecule has 0 bridgehead atoms. The molecule has 0 saturated heterocycles. The molecule has 0 aliphatic heterocycles. The van der Waals surface area contributed by atoms with E-state index >= 15 is 0 Å². The van der Waals surface area contributed by atoms with Crippen LogP contribution in [0.15, 0.2) is 41.3 Å². The van der Waals surface area contributed by atoms with Crippen molar-refractivity contribution in [1.82, 2.24) is 9.55 Å². The lowest BCUT2D eigenvalue weighted by Crippen LogP contribution is -2.23. The van der Waals surface area contributed by atoms with Gasteiger partial charge in [0.05, 0.1) is 29.4 Å². The molecule has 0 saturated carbocycles. The molecule has 3 aromatic rings. The van der Waals surface area contributed by atoms with Crippen LogP contribution in [0.1, 0.15) is 27.3 Å². The Labute approximate surface area is 150 Å². The van der Waals surface area contributed by atoms with Gasteiger partial charge in [-0.15, -0.1) is 0 Å². The molecule has 134 valence electrons. The molecule has 0 unspecified atom stereocenters. The molecule has 0 radical (unpaired) electrons.